The van der Waals surface area contributed by atoms with E-state index < -0.39 is 10.0 Å². The van der Waals surface area contributed by atoms with E-state index in [0.717, 1.165) is 24.1 Å². The van der Waals surface area contributed by atoms with Gasteiger partial charge in [0.25, 0.3) is 0 Å². The second-order valence-electron chi connectivity index (χ2n) is 8.31. The molecule has 0 aromatic heterocycles. The maximum Gasteiger partial charge on any atom is 0.246 e. The van der Waals surface area contributed by atoms with E-state index in [4.69, 9.17) is 5.26 Å². The largest absolute Gasteiger partial charge is 0.347 e. The summed E-state index contributed by atoms with van der Waals surface area (Å²) in [5.41, 5.74) is 2.44. The first-order valence-electron chi connectivity index (χ1n) is 11.1. The molecule has 2 heterocycles. The molecule has 1 N–H and O–H groups in total. The van der Waals surface area contributed by atoms with Crippen LogP contribution in [0.2, 0.25) is 0 Å². The third-order valence-corrected chi connectivity index (χ3v) is 8.18. The van der Waals surface area contributed by atoms with Crippen molar-refractivity contribution >= 4 is 27.5 Å². The third-order valence-electron chi connectivity index (χ3n) is 6.27. The first kappa shape index (κ1) is 23.0. The molecular weight excluding hydrogens is 440 g/mol. The molecule has 0 bridgehead atoms. The molecule has 4 rings (SSSR count). The molecule has 1 fully saturated rings. The van der Waals surface area contributed by atoms with Gasteiger partial charge in [0.2, 0.25) is 21.8 Å². The molecule has 2 aromatic rings. The highest BCUT2D eigenvalue weighted by Crippen LogP contribution is 2.27. The number of piperidine rings is 1. The van der Waals surface area contributed by atoms with Gasteiger partial charge in [-0.25, -0.2) is 8.42 Å². The smallest absolute Gasteiger partial charge is 0.246 e. The summed E-state index contributed by atoms with van der Waals surface area (Å²) >= 11 is 0. The maximum absolute atomic E-state index is 12.8. The van der Waals surface area contributed by atoms with E-state index >= 15 is 0 Å². The Morgan fingerprint density at radius 2 is 1.73 bits per heavy atom. The van der Waals surface area contributed by atoms with Gasteiger partial charge in [-0.1, -0.05) is 18.2 Å². The first-order chi connectivity index (χ1) is 15.9. The molecule has 0 saturated carbocycles. The summed E-state index contributed by atoms with van der Waals surface area (Å²) < 4.78 is 27.1. The van der Waals surface area contributed by atoms with E-state index in [0.29, 0.717) is 24.9 Å². The summed E-state index contributed by atoms with van der Waals surface area (Å²) in [6.07, 6.45) is 2.61. The Morgan fingerprint density at radius 1 is 1.03 bits per heavy atom. The Kier molecular flexibility index (Phi) is 6.77. The van der Waals surface area contributed by atoms with Crippen LogP contribution < -0.4 is 10.2 Å². The zero-order valence-electron chi connectivity index (χ0n) is 18.2. The van der Waals surface area contributed by atoms with Crippen LogP contribution in [-0.4, -0.2) is 50.7 Å². The standard InChI is InChI=1S/C24H26N4O4S/c25-16-18-7-9-21(10-8-18)33(31,32)27-14-11-20(12-15-27)24(30)26-17-23(29)28-13-3-5-19-4-1-2-6-22(19)28/h1-2,4,6-10,20H,3,5,11-15,17H2,(H,26,30). The molecule has 2 aromatic carbocycles. The number of nitrogens with one attached hydrogen (secondary N) is 1. The molecule has 0 radical (unpaired) electrons. The van der Waals surface area contributed by atoms with Gasteiger partial charge >= 0.3 is 0 Å². The van der Waals surface area contributed by atoms with Crippen LogP contribution in [0.5, 0.6) is 0 Å². The Hall–Kier alpha value is -3.22. The Morgan fingerprint density at radius 3 is 2.42 bits per heavy atom. The quantitative estimate of drug-likeness (QED) is 0.725. The van der Waals surface area contributed by atoms with E-state index in [-0.39, 0.29) is 42.3 Å². The van der Waals surface area contributed by atoms with Gasteiger partial charge in [-0.15, -0.1) is 0 Å². The van der Waals surface area contributed by atoms with Crippen LogP contribution in [0.4, 0.5) is 5.69 Å². The van der Waals surface area contributed by atoms with Crippen molar-refractivity contribution in [3.05, 3.63) is 59.7 Å². The van der Waals surface area contributed by atoms with Gasteiger partial charge in [-0.05, 0) is 61.6 Å². The molecule has 0 spiro atoms. The molecule has 33 heavy (non-hydrogen) atoms. The van der Waals surface area contributed by atoms with Gasteiger partial charge in [0.15, 0.2) is 0 Å². The molecular formula is C24H26N4O4S. The molecule has 2 aliphatic heterocycles. The van der Waals surface area contributed by atoms with Gasteiger partial charge in [-0.3, -0.25) is 9.59 Å². The zero-order chi connectivity index (χ0) is 23.4. The molecule has 2 amide bonds. The van der Waals surface area contributed by atoms with Crippen LogP contribution in [0.3, 0.4) is 0 Å². The number of benzene rings is 2. The molecule has 172 valence electrons. The SMILES string of the molecule is N#Cc1ccc(S(=O)(=O)N2CCC(C(=O)NCC(=O)N3CCCc4ccccc43)CC2)cc1. The number of carbonyl (C=O) groups excluding carboxylic acids is 2. The van der Waals surface area contributed by atoms with E-state index in [2.05, 4.69) is 5.32 Å². The van der Waals surface area contributed by atoms with Crippen molar-refractivity contribution < 1.29 is 18.0 Å². The fourth-order valence-electron chi connectivity index (χ4n) is 4.40. The molecule has 9 heteroatoms. The third kappa shape index (κ3) is 4.92. The number of nitriles is 1. The topological polar surface area (TPSA) is 111 Å². The molecule has 1 saturated heterocycles. The van der Waals surface area contributed by atoms with Gasteiger partial charge in [0, 0.05) is 31.2 Å². The highest BCUT2D eigenvalue weighted by Gasteiger charge is 2.32. The van der Waals surface area contributed by atoms with Crippen molar-refractivity contribution in [2.24, 2.45) is 5.92 Å². The van der Waals surface area contributed by atoms with Gasteiger partial charge in [0.1, 0.15) is 0 Å². The molecule has 0 unspecified atom stereocenters. The number of carbonyl (C=O) groups is 2. The minimum atomic E-state index is -3.67. The average Bonchev–Trinajstić information content (AvgIpc) is 2.86. The number of para-hydroxylation sites is 1. The first-order valence-corrected chi connectivity index (χ1v) is 12.5. The maximum atomic E-state index is 12.8. The minimum absolute atomic E-state index is 0.0725. The monoisotopic (exact) mass is 466 g/mol. The highest BCUT2D eigenvalue weighted by molar-refractivity contribution is 7.89. The normalized spacial score (nSPS) is 17.1. The van der Waals surface area contributed by atoms with E-state index in [1.807, 2.05) is 30.3 Å². The van der Waals surface area contributed by atoms with Gasteiger partial charge in [0.05, 0.1) is 23.1 Å². The van der Waals surface area contributed by atoms with Crippen molar-refractivity contribution in [2.75, 3.05) is 31.1 Å². The Bertz CT molecular complexity index is 1180. The fraction of sp³-hybridized carbons (Fsp3) is 0.375. The van der Waals surface area contributed by atoms with Crippen molar-refractivity contribution in [1.82, 2.24) is 9.62 Å². The summed E-state index contributed by atoms with van der Waals surface area (Å²) in [6.45, 7) is 1.02. The molecule has 2 aliphatic rings. The van der Waals surface area contributed by atoms with Crippen molar-refractivity contribution in [3.8, 4) is 6.07 Å². The second kappa shape index (κ2) is 9.73. The Balaban J connectivity index is 1.30. The number of amides is 2. The van der Waals surface area contributed by atoms with Gasteiger partial charge < -0.3 is 10.2 Å². The van der Waals surface area contributed by atoms with Crippen molar-refractivity contribution in [2.45, 2.75) is 30.6 Å². The highest BCUT2D eigenvalue weighted by atomic mass is 32.2. The van der Waals surface area contributed by atoms with Crippen LogP contribution in [0.1, 0.15) is 30.4 Å². The predicted molar refractivity (Wildman–Crippen MR) is 123 cm³/mol. The number of sulfonamides is 1. The predicted octanol–water partition coefficient (Wildman–Crippen LogP) is 2.05. The number of rotatable bonds is 5. The average molecular weight is 467 g/mol. The summed E-state index contributed by atoms with van der Waals surface area (Å²) in [5.74, 6) is -0.695. The van der Waals surface area contributed by atoms with Crippen LogP contribution >= 0.6 is 0 Å². The van der Waals surface area contributed by atoms with E-state index in [1.165, 1.54) is 28.6 Å². The minimum Gasteiger partial charge on any atom is -0.347 e. The fourth-order valence-corrected chi connectivity index (χ4v) is 5.87. The second-order valence-corrected chi connectivity index (χ2v) is 10.2. The van der Waals surface area contributed by atoms with E-state index in [1.54, 1.807) is 4.90 Å². The number of hydrogen-bond acceptors (Lipinski definition) is 5. The summed E-state index contributed by atoms with van der Waals surface area (Å²) in [7, 11) is -3.67. The van der Waals surface area contributed by atoms with E-state index in [9.17, 15) is 18.0 Å². The number of anilines is 1. The lowest BCUT2D eigenvalue weighted by Crippen LogP contribution is -2.46. The van der Waals surface area contributed by atoms with Crippen LogP contribution in [0, 0.1) is 17.2 Å². The summed E-state index contributed by atoms with van der Waals surface area (Å²) in [5, 5.41) is 11.6. The lowest BCUT2D eigenvalue weighted by Gasteiger charge is -2.31. The number of nitrogens with zero attached hydrogens (tertiary/aromatic N) is 3. The van der Waals surface area contributed by atoms with Crippen molar-refractivity contribution in [1.29, 1.82) is 5.26 Å². The molecule has 0 aliphatic carbocycles. The molecule has 8 nitrogen and oxygen atoms in total. The summed E-state index contributed by atoms with van der Waals surface area (Å²) in [4.78, 5) is 27.2. The van der Waals surface area contributed by atoms with Crippen molar-refractivity contribution in [3.63, 3.8) is 0 Å². The zero-order valence-corrected chi connectivity index (χ0v) is 19.1. The van der Waals surface area contributed by atoms with Gasteiger partial charge in [-0.2, -0.15) is 9.57 Å². The van der Waals surface area contributed by atoms with Crippen LogP contribution in [0.25, 0.3) is 0 Å². The lowest BCUT2D eigenvalue weighted by atomic mass is 9.97. The van der Waals surface area contributed by atoms with Crippen LogP contribution in [-0.2, 0) is 26.0 Å². The van der Waals surface area contributed by atoms with Crippen LogP contribution in [0.15, 0.2) is 53.4 Å². The number of aryl methyl sites for hydroxylation is 1. The number of fused-ring (bicyclic) bond motifs is 1. The Labute approximate surface area is 193 Å². The summed E-state index contributed by atoms with van der Waals surface area (Å²) in [6, 6.07) is 15.6. The lowest BCUT2D eigenvalue weighted by molar-refractivity contribution is -0.128. The molecule has 0 atom stereocenters. The number of hydrogen-bond donors (Lipinski definition) is 1.